The molecule has 0 aliphatic rings. The van der Waals surface area contributed by atoms with Crippen molar-refractivity contribution in [3.63, 3.8) is 0 Å². The van der Waals surface area contributed by atoms with E-state index < -0.39 is 29.3 Å². The number of nitrogens with zero attached hydrogens (tertiary/aromatic N) is 2. The Labute approximate surface area is 161 Å². The lowest BCUT2D eigenvalue weighted by Crippen LogP contribution is -2.15. The first-order chi connectivity index (χ1) is 13.6. The Balaban J connectivity index is 1.92. The van der Waals surface area contributed by atoms with E-state index in [-0.39, 0.29) is 22.9 Å². The third kappa shape index (κ3) is 4.36. The van der Waals surface area contributed by atoms with Crippen LogP contribution in [0.4, 0.5) is 27.6 Å². The van der Waals surface area contributed by atoms with Gasteiger partial charge >= 0.3 is 6.18 Å². The van der Waals surface area contributed by atoms with Gasteiger partial charge in [-0.15, -0.1) is 5.10 Å². The van der Waals surface area contributed by atoms with Gasteiger partial charge in [0.15, 0.2) is 0 Å². The summed E-state index contributed by atoms with van der Waals surface area (Å²) in [6, 6.07) is 6.69. The molecule has 10 heteroatoms. The molecule has 0 aliphatic carbocycles. The maximum Gasteiger partial charge on any atom is 0.416 e. The smallest absolute Gasteiger partial charge is 0.416 e. The molecular formula is C19H14F5N3O2. The molecule has 1 N–H and O–H groups in total. The minimum absolute atomic E-state index is 0.103. The Hall–Kier alpha value is -3.43. The summed E-state index contributed by atoms with van der Waals surface area (Å²) in [5, 5.41) is 6.27. The number of ether oxygens (including phenoxy) is 1. The second-order valence-corrected chi connectivity index (χ2v) is 6.10. The molecule has 1 aromatic heterocycles. The van der Waals surface area contributed by atoms with Gasteiger partial charge in [0, 0.05) is 13.1 Å². The van der Waals surface area contributed by atoms with Gasteiger partial charge < -0.3 is 10.1 Å². The van der Waals surface area contributed by atoms with E-state index in [1.54, 1.807) is 0 Å². The van der Waals surface area contributed by atoms with E-state index >= 15 is 0 Å². The van der Waals surface area contributed by atoms with Crippen LogP contribution < -0.4 is 10.1 Å². The zero-order valence-corrected chi connectivity index (χ0v) is 15.1. The summed E-state index contributed by atoms with van der Waals surface area (Å²) in [5.74, 6) is -3.06. The van der Waals surface area contributed by atoms with Crippen LogP contribution in [0.5, 0.6) is 11.6 Å². The van der Waals surface area contributed by atoms with Crippen LogP contribution in [0.2, 0.25) is 0 Å². The number of carbonyl (C=O) groups is 1. The van der Waals surface area contributed by atoms with E-state index in [4.69, 9.17) is 4.74 Å². The summed E-state index contributed by atoms with van der Waals surface area (Å²) in [5.41, 5.74) is -0.979. The van der Waals surface area contributed by atoms with Crippen LogP contribution in [0, 0.1) is 18.6 Å². The molecule has 0 unspecified atom stereocenters. The minimum atomic E-state index is -4.57. The van der Waals surface area contributed by atoms with E-state index in [9.17, 15) is 26.7 Å². The van der Waals surface area contributed by atoms with Crippen molar-refractivity contribution in [2.45, 2.75) is 13.1 Å². The molecule has 0 bridgehead atoms. The van der Waals surface area contributed by atoms with Crippen LogP contribution in [0.3, 0.4) is 0 Å². The molecule has 1 amide bonds. The van der Waals surface area contributed by atoms with Crippen LogP contribution in [-0.2, 0) is 13.2 Å². The summed E-state index contributed by atoms with van der Waals surface area (Å²) < 4.78 is 72.2. The van der Waals surface area contributed by atoms with Gasteiger partial charge in [-0.3, -0.25) is 9.48 Å². The number of alkyl halides is 3. The molecule has 29 heavy (non-hydrogen) atoms. The summed E-state index contributed by atoms with van der Waals surface area (Å²) in [7, 11) is 1.50. The highest BCUT2D eigenvalue weighted by molar-refractivity contribution is 6.06. The van der Waals surface area contributed by atoms with E-state index in [1.165, 1.54) is 24.7 Å². The Morgan fingerprint density at radius 3 is 2.52 bits per heavy atom. The van der Waals surface area contributed by atoms with E-state index in [2.05, 4.69) is 10.4 Å². The summed E-state index contributed by atoms with van der Waals surface area (Å²) in [6.45, 7) is 1.53. The maximum absolute atomic E-state index is 13.8. The van der Waals surface area contributed by atoms with Gasteiger partial charge in [-0.1, -0.05) is 6.07 Å². The quantitative estimate of drug-likeness (QED) is 0.610. The average Bonchev–Trinajstić information content (AvgIpc) is 2.90. The van der Waals surface area contributed by atoms with Gasteiger partial charge in [0.2, 0.25) is 0 Å². The first-order valence-electron chi connectivity index (χ1n) is 8.21. The van der Waals surface area contributed by atoms with Crippen LogP contribution in [0.25, 0.3) is 0 Å². The Morgan fingerprint density at radius 2 is 1.86 bits per heavy atom. The molecule has 3 rings (SSSR count). The third-order valence-electron chi connectivity index (χ3n) is 4.08. The number of hydrogen-bond acceptors (Lipinski definition) is 3. The summed E-state index contributed by atoms with van der Waals surface area (Å²) in [6.07, 6.45) is -4.57. The number of aromatic nitrogens is 2. The predicted molar refractivity (Wildman–Crippen MR) is 93.8 cm³/mol. The van der Waals surface area contributed by atoms with Crippen LogP contribution >= 0.6 is 0 Å². The SMILES string of the molecule is Cc1c(C(=O)Nc2ccc(F)cc2F)c(Oc2cccc(C(F)(F)F)c2)nn1C. The topological polar surface area (TPSA) is 56.1 Å². The zero-order valence-electron chi connectivity index (χ0n) is 15.1. The molecular weight excluding hydrogens is 397 g/mol. The number of benzene rings is 2. The van der Waals surface area contributed by atoms with Crippen molar-refractivity contribution >= 4 is 11.6 Å². The summed E-state index contributed by atoms with van der Waals surface area (Å²) >= 11 is 0. The maximum atomic E-state index is 13.8. The van der Waals surface area contributed by atoms with Crippen LogP contribution in [0.15, 0.2) is 42.5 Å². The average molecular weight is 411 g/mol. The van der Waals surface area contributed by atoms with Crippen molar-refractivity contribution in [1.82, 2.24) is 9.78 Å². The second kappa shape index (κ2) is 7.53. The number of aryl methyl sites for hydroxylation is 1. The first kappa shape index (κ1) is 20.3. The van der Waals surface area contributed by atoms with E-state index in [0.717, 1.165) is 30.3 Å². The summed E-state index contributed by atoms with van der Waals surface area (Å²) in [4.78, 5) is 12.6. The van der Waals surface area contributed by atoms with Gasteiger partial charge in [-0.2, -0.15) is 13.2 Å². The fraction of sp³-hybridized carbons (Fsp3) is 0.158. The number of rotatable bonds is 4. The van der Waals surface area contributed by atoms with Gasteiger partial charge in [0.05, 0.1) is 16.9 Å². The van der Waals surface area contributed by atoms with Gasteiger partial charge in [-0.25, -0.2) is 8.78 Å². The lowest BCUT2D eigenvalue weighted by Gasteiger charge is -2.10. The lowest BCUT2D eigenvalue weighted by molar-refractivity contribution is -0.137. The van der Waals surface area contributed by atoms with E-state index in [1.807, 2.05) is 0 Å². The van der Waals surface area contributed by atoms with E-state index in [0.29, 0.717) is 11.8 Å². The fourth-order valence-electron chi connectivity index (χ4n) is 2.53. The van der Waals surface area contributed by atoms with Crippen molar-refractivity contribution in [2.75, 3.05) is 5.32 Å². The number of carbonyl (C=O) groups excluding carboxylic acids is 1. The minimum Gasteiger partial charge on any atom is -0.437 e. The molecule has 0 aliphatic heterocycles. The van der Waals surface area contributed by atoms with Crippen molar-refractivity contribution in [3.05, 3.63) is 70.9 Å². The molecule has 0 saturated heterocycles. The lowest BCUT2D eigenvalue weighted by atomic mass is 10.2. The molecule has 1 heterocycles. The van der Waals surface area contributed by atoms with Crippen LogP contribution in [-0.4, -0.2) is 15.7 Å². The molecule has 3 aromatic rings. The van der Waals surface area contributed by atoms with Crippen molar-refractivity contribution in [1.29, 1.82) is 0 Å². The predicted octanol–water partition coefficient (Wildman–Crippen LogP) is 5.07. The monoisotopic (exact) mass is 411 g/mol. The molecule has 152 valence electrons. The standard InChI is InChI=1S/C19H14F5N3O2/c1-10-16(17(28)25-15-7-6-12(20)9-14(15)21)18(26-27(10)2)29-13-5-3-4-11(8-13)19(22,23)24/h3-9H,1-2H3,(H,25,28). The Kier molecular flexibility index (Phi) is 5.27. The van der Waals surface area contributed by atoms with Crippen molar-refractivity contribution in [3.8, 4) is 11.6 Å². The largest absolute Gasteiger partial charge is 0.437 e. The number of hydrogen-bond donors (Lipinski definition) is 1. The molecule has 0 fully saturated rings. The van der Waals surface area contributed by atoms with Crippen molar-refractivity contribution < 1.29 is 31.5 Å². The van der Waals surface area contributed by atoms with Gasteiger partial charge in [0.25, 0.3) is 11.8 Å². The molecule has 2 aromatic carbocycles. The number of halogens is 5. The Bertz CT molecular complexity index is 1080. The molecule has 0 radical (unpaired) electrons. The molecule has 0 spiro atoms. The normalized spacial score (nSPS) is 11.4. The Morgan fingerprint density at radius 1 is 1.14 bits per heavy atom. The van der Waals surface area contributed by atoms with Crippen molar-refractivity contribution in [2.24, 2.45) is 7.05 Å². The van der Waals surface area contributed by atoms with Gasteiger partial charge in [0.1, 0.15) is 22.9 Å². The highest BCUT2D eigenvalue weighted by Crippen LogP contribution is 2.33. The number of amides is 1. The number of anilines is 1. The zero-order chi connectivity index (χ0) is 21.3. The van der Waals surface area contributed by atoms with Gasteiger partial charge in [-0.05, 0) is 37.3 Å². The molecule has 5 nitrogen and oxygen atoms in total. The highest BCUT2D eigenvalue weighted by Gasteiger charge is 2.31. The number of nitrogens with one attached hydrogen (secondary N) is 1. The third-order valence-corrected chi connectivity index (χ3v) is 4.08. The first-order valence-corrected chi connectivity index (χ1v) is 8.21. The molecule has 0 atom stereocenters. The molecule has 0 saturated carbocycles. The second-order valence-electron chi connectivity index (χ2n) is 6.10. The van der Waals surface area contributed by atoms with Crippen LogP contribution in [0.1, 0.15) is 21.6 Å². The highest BCUT2D eigenvalue weighted by atomic mass is 19.4. The fourth-order valence-corrected chi connectivity index (χ4v) is 2.53.